The Labute approximate surface area is 513 Å². The Balaban J connectivity index is 3.97. The van der Waals surface area contributed by atoms with Gasteiger partial charge in [0.1, 0.15) is 13.2 Å². The third kappa shape index (κ3) is 66.1. The lowest BCUT2D eigenvalue weighted by Crippen LogP contribution is -2.44. The standard InChI is InChI=1S/C74H133NO8/c1-6-8-10-12-14-16-18-20-22-24-26-27-28-29-30-31-32-33-34-35-36-37-38-39-40-41-42-43-44-45-47-48-50-52-54-56-58-60-62-64-71(76)81-68-70(69-82-74(73(78)79)80-67-66-75(3,4)5)83-72(77)65-63-61-59-57-55-53-51-49-46-25-23-21-19-17-15-13-11-9-7-2/h9,11,15,17-18,20-21,23-24,26,46,49,70,74H,6-8,10,12-14,16,19,22,25,27-45,47-48,50-69H2,1-5H3/b11-9-,17-15-,20-18-,23-21-,26-24-,49-46-. The van der Waals surface area contributed by atoms with Gasteiger partial charge in [0, 0.05) is 12.8 Å². The Morgan fingerprint density at radius 2 is 0.687 bits per heavy atom. The molecule has 0 fully saturated rings. The molecule has 0 aliphatic carbocycles. The van der Waals surface area contributed by atoms with Gasteiger partial charge in [-0.2, -0.15) is 0 Å². The number of unbranched alkanes of at least 4 members (excludes halogenated alkanes) is 38. The van der Waals surface area contributed by atoms with Crippen molar-refractivity contribution in [2.75, 3.05) is 47.5 Å². The van der Waals surface area contributed by atoms with E-state index in [1.807, 2.05) is 21.1 Å². The molecule has 0 rings (SSSR count). The summed E-state index contributed by atoms with van der Waals surface area (Å²) < 4.78 is 22.8. The molecule has 83 heavy (non-hydrogen) atoms. The van der Waals surface area contributed by atoms with E-state index in [0.29, 0.717) is 23.9 Å². The van der Waals surface area contributed by atoms with Gasteiger partial charge in [-0.05, 0) is 83.5 Å². The smallest absolute Gasteiger partial charge is 0.306 e. The van der Waals surface area contributed by atoms with Gasteiger partial charge in [-0.15, -0.1) is 0 Å². The van der Waals surface area contributed by atoms with Crippen molar-refractivity contribution in [1.29, 1.82) is 0 Å². The average molecular weight is 1160 g/mol. The predicted molar refractivity (Wildman–Crippen MR) is 352 cm³/mol. The van der Waals surface area contributed by atoms with Crippen LogP contribution in [0.4, 0.5) is 0 Å². The van der Waals surface area contributed by atoms with Crippen LogP contribution in [0.25, 0.3) is 0 Å². The van der Waals surface area contributed by atoms with Gasteiger partial charge in [-0.3, -0.25) is 9.59 Å². The summed E-state index contributed by atoms with van der Waals surface area (Å²) in [5.41, 5.74) is 0. The molecule has 9 heteroatoms. The number of esters is 2. The van der Waals surface area contributed by atoms with Crippen LogP contribution in [0.1, 0.15) is 322 Å². The molecule has 0 bridgehead atoms. The van der Waals surface area contributed by atoms with Crippen molar-refractivity contribution in [3.8, 4) is 0 Å². The molecule has 0 heterocycles. The van der Waals surface area contributed by atoms with E-state index in [0.717, 1.165) is 89.9 Å². The summed E-state index contributed by atoms with van der Waals surface area (Å²) >= 11 is 0. The largest absolute Gasteiger partial charge is 0.545 e. The molecular formula is C74H133NO8. The summed E-state index contributed by atoms with van der Waals surface area (Å²) in [6, 6.07) is 0. The minimum absolute atomic E-state index is 0.143. The van der Waals surface area contributed by atoms with Crippen LogP contribution in [-0.2, 0) is 33.3 Å². The third-order valence-corrected chi connectivity index (χ3v) is 15.4. The number of carbonyl (C=O) groups excluding carboxylic acids is 3. The number of quaternary nitrogens is 1. The van der Waals surface area contributed by atoms with Crippen LogP contribution >= 0.6 is 0 Å². The Bertz CT molecular complexity index is 1590. The molecule has 2 atom stereocenters. The first kappa shape index (κ1) is 79.7. The zero-order valence-corrected chi connectivity index (χ0v) is 55.1. The van der Waals surface area contributed by atoms with Gasteiger partial charge < -0.3 is 33.3 Å². The molecule has 0 N–H and O–H groups in total. The molecule has 0 aliphatic rings. The van der Waals surface area contributed by atoms with Crippen molar-refractivity contribution in [1.82, 2.24) is 0 Å². The fourth-order valence-corrected chi connectivity index (χ4v) is 10.1. The number of ether oxygens (including phenoxy) is 4. The molecule has 9 nitrogen and oxygen atoms in total. The first-order valence-corrected chi connectivity index (χ1v) is 35.1. The maximum Gasteiger partial charge on any atom is 0.306 e. The molecule has 0 radical (unpaired) electrons. The molecule has 0 aliphatic heterocycles. The Kier molecular flexibility index (Phi) is 62.2. The average Bonchev–Trinajstić information content (AvgIpc) is 3.46. The highest BCUT2D eigenvalue weighted by Crippen LogP contribution is 2.18. The number of aliphatic carboxylic acids is 1. The lowest BCUT2D eigenvalue weighted by Gasteiger charge is -2.26. The highest BCUT2D eigenvalue weighted by molar-refractivity contribution is 5.70. The second-order valence-corrected chi connectivity index (χ2v) is 24.8. The van der Waals surface area contributed by atoms with E-state index >= 15 is 0 Å². The molecule has 0 aromatic carbocycles. The number of hydrogen-bond acceptors (Lipinski definition) is 8. The minimum atomic E-state index is -1.63. The predicted octanol–water partition coefficient (Wildman–Crippen LogP) is 20.4. The number of hydrogen-bond donors (Lipinski definition) is 0. The molecule has 0 spiro atoms. The number of allylic oxidation sites excluding steroid dienone is 12. The second-order valence-electron chi connectivity index (χ2n) is 24.8. The molecule has 0 saturated heterocycles. The topological polar surface area (TPSA) is 111 Å². The third-order valence-electron chi connectivity index (χ3n) is 15.4. The van der Waals surface area contributed by atoms with Gasteiger partial charge in [0.05, 0.1) is 40.3 Å². The molecular weight excluding hydrogens is 1030 g/mol. The maximum atomic E-state index is 12.9. The van der Waals surface area contributed by atoms with E-state index in [4.69, 9.17) is 18.9 Å². The van der Waals surface area contributed by atoms with Crippen molar-refractivity contribution in [2.45, 2.75) is 334 Å². The van der Waals surface area contributed by atoms with Crippen LogP contribution in [0.2, 0.25) is 0 Å². The van der Waals surface area contributed by atoms with Crippen molar-refractivity contribution in [3.63, 3.8) is 0 Å². The van der Waals surface area contributed by atoms with Crippen LogP contribution < -0.4 is 5.11 Å². The van der Waals surface area contributed by atoms with Crippen molar-refractivity contribution < 1.29 is 42.9 Å². The zero-order valence-electron chi connectivity index (χ0n) is 55.1. The monoisotopic (exact) mass is 1160 g/mol. The maximum absolute atomic E-state index is 12.9. The molecule has 2 unspecified atom stereocenters. The van der Waals surface area contributed by atoms with Gasteiger partial charge in [-0.25, -0.2) is 0 Å². The Morgan fingerprint density at radius 3 is 1.02 bits per heavy atom. The van der Waals surface area contributed by atoms with Crippen molar-refractivity contribution >= 4 is 17.9 Å². The first-order valence-electron chi connectivity index (χ1n) is 35.1. The van der Waals surface area contributed by atoms with E-state index in [1.54, 1.807) is 0 Å². The number of nitrogens with zero attached hydrogens (tertiary/aromatic N) is 1. The summed E-state index contributed by atoms with van der Waals surface area (Å²) in [7, 11) is 5.92. The van der Waals surface area contributed by atoms with Gasteiger partial charge >= 0.3 is 11.9 Å². The fraction of sp³-hybridized carbons (Fsp3) is 0.797. The molecule has 0 aromatic heterocycles. The van der Waals surface area contributed by atoms with Gasteiger partial charge in [-0.1, -0.05) is 299 Å². The highest BCUT2D eigenvalue weighted by Gasteiger charge is 2.22. The Hall–Kier alpha value is -3.27. The van der Waals surface area contributed by atoms with Crippen LogP contribution in [0.5, 0.6) is 0 Å². The summed E-state index contributed by atoms with van der Waals surface area (Å²) in [4.78, 5) is 37.4. The SMILES string of the molecule is CC/C=C\C/C=C\C/C=C\C/C=C\CCCCCCCCC(=O)OC(COC(=O)CCCCCCCCCCCCCCCCCCCCCCCCCCCCC/C=C\C/C=C\CCCCCCC)COC(OCC[N+](C)(C)C)C(=O)[O-]. The van der Waals surface area contributed by atoms with Crippen LogP contribution in [0, 0.1) is 0 Å². The zero-order chi connectivity index (χ0) is 60.5. The molecule has 0 amide bonds. The van der Waals surface area contributed by atoms with Crippen molar-refractivity contribution in [2.24, 2.45) is 0 Å². The normalized spacial score (nSPS) is 13.1. The van der Waals surface area contributed by atoms with Crippen LogP contribution in [0.3, 0.4) is 0 Å². The first-order chi connectivity index (χ1) is 40.6. The number of likely N-dealkylation sites (N-methyl/N-ethyl adjacent to an activating group) is 1. The number of carboxylic acids is 1. The summed E-state index contributed by atoms with van der Waals surface area (Å²) in [5, 5.41) is 11.8. The fourth-order valence-electron chi connectivity index (χ4n) is 10.1. The lowest BCUT2D eigenvalue weighted by atomic mass is 10.0. The molecule has 0 saturated carbocycles. The van der Waals surface area contributed by atoms with Crippen LogP contribution in [-0.4, -0.2) is 82.3 Å². The van der Waals surface area contributed by atoms with E-state index in [9.17, 15) is 19.5 Å². The van der Waals surface area contributed by atoms with E-state index in [1.165, 1.54) is 199 Å². The second kappa shape index (κ2) is 64.7. The summed E-state index contributed by atoms with van der Waals surface area (Å²) in [6.07, 6.45) is 82.9. The summed E-state index contributed by atoms with van der Waals surface area (Å²) in [6.45, 7) is 4.64. The van der Waals surface area contributed by atoms with Crippen LogP contribution in [0.15, 0.2) is 72.9 Å². The van der Waals surface area contributed by atoms with Crippen molar-refractivity contribution in [3.05, 3.63) is 72.9 Å². The molecule has 482 valence electrons. The number of carbonyl (C=O) groups is 3. The lowest BCUT2D eigenvalue weighted by molar-refractivity contribution is -0.870. The van der Waals surface area contributed by atoms with E-state index < -0.39 is 24.3 Å². The van der Waals surface area contributed by atoms with Gasteiger partial charge in [0.25, 0.3) is 0 Å². The quantitative estimate of drug-likeness (QED) is 0.0195. The molecule has 0 aromatic rings. The Morgan fingerprint density at radius 1 is 0.373 bits per heavy atom. The number of carboxylic acid groups (broad SMARTS) is 1. The van der Waals surface area contributed by atoms with Gasteiger partial charge in [0.2, 0.25) is 0 Å². The van der Waals surface area contributed by atoms with E-state index in [2.05, 4.69) is 86.8 Å². The number of rotatable bonds is 65. The summed E-state index contributed by atoms with van der Waals surface area (Å²) in [5.74, 6) is -2.29. The highest BCUT2D eigenvalue weighted by atomic mass is 16.7. The van der Waals surface area contributed by atoms with E-state index in [-0.39, 0.29) is 32.2 Å². The van der Waals surface area contributed by atoms with Gasteiger partial charge in [0.15, 0.2) is 12.4 Å². The minimum Gasteiger partial charge on any atom is -0.545 e.